The van der Waals surface area contributed by atoms with Crippen molar-refractivity contribution in [3.05, 3.63) is 51.7 Å². The minimum Gasteiger partial charge on any atom is -0.346 e. The number of carbonyl (C=O) groups is 1. The number of hydrogen-bond donors (Lipinski definition) is 2. The molecule has 0 bridgehead atoms. The van der Waals surface area contributed by atoms with Crippen LogP contribution in [0.3, 0.4) is 0 Å². The van der Waals surface area contributed by atoms with Gasteiger partial charge in [0.2, 0.25) is 10.0 Å². The molecule has 6 nitrogen and oxygen atoms in total. The van der Waals surface area contributed by atoms with Crippen molar-refractivity contribution in [2.45, 2.75) is 32.4 Å². The summed E-state index contributed by atoms with van der Waals surface area (Å²) in [4.78, 5) is 13.9. The Morgan fingerprint density at radius 2 is 1.86 bits per heavy atom. The number of carbonyl (C=O) groups excluding carboxylic acids is 1. The molecule has 1 aromatic heterocycles. The Bertz CT molecular complexity index is 960. The number of benzene rings is 1. The fourth-order valence-corrected chi connectivity index (χ4v) is 5.57. The van der Waals surface area contributed by atoms with E-state index in [9.17, 15) is 13.2 Å². The monoisotopic (exact) mass is 458 g/mol. The van der Waals surface area contributed by atoms with Gasteiger partial charge in [-0.15, -0.1) is 23.7 Å². The second-order valence-corrected chi connectivity index (χ2v) is 10.5. The van der Waals surface area contributed by atoms with Gasteiger partial charge in [0.05, 0.1) is 37.3 Å². The summed E-state index contributed by atoms with van der Waals surface area (Å²) in [5.41, 5.74) is 2.43. The third-order valence-electron chi connectivity index (χ3n) is 5.90. The molecular weight excluding hydrogens is 430 g/mol. The molecular formula is C20H29ClN3O3S2+. The minimum atomic E-state index is -3.32. The van der Waals surface area contributed by atoms with Gasteiger partial charge in [-0.1, -0.05) is 0 Å². The molecule has 0 aliphatic carbocycles. The highest BCUT2D eigenvalue weighted by molar-refractivity contribution is 7.92. The number of nitrogens with zero attached hydrogens (tertiary/aromatic N) is 1. The van der Waals surface area contributed by atoms with Gasteiger partial charge in [0.25, 0.3) is 5.91 Å². The van der Waals surface area contributed by atoms with Crippen LogP contribution in [0.4, 0.5) is 5.69 Å². The summed E-state index contributed by atoms with van der Waals surface area (Å²) in [6.45, 7) is 6.01. The molecule has 29 heavy (non-hydrogen) atoms. The number of nitrogens with one attached hydrogen (secondary N) is 2. The molecule has 0 saturated carbocycles. The first kappa shape index (κ1) is 23.7. The van der Waals surface area contributed by atoms with Gasteiger partial charge in [0.1, 0.15) is 6.04 Å². The first-order valence-electron chi connectivity index (χ1n) is 9.37. The van der Waals surface area contributed by atoms with Crippen molar-refractivity contribution in [2.24, 2.45) is 0 Å². The maximum Gasteiger partial charge on any atom is 0.251 e. The van der Waals surface area contributed by atoms with E-state index in [1.165, 1.54) is 10.4 Å². The van der Waals surface area contributed by atoms with E-state index in [2.05, 4.69) is 42.4 Å². The summed E-state index contributed by atoms with van der Waals surface area (Å²) in [7, 11) is -1.05. The van der Waals surface area contributed by atoms with Crippen LogP contribution in [0.25, 0.3) is 0 Å². The lowest BCUT2D eigenvalue weighted by Gasteiger charge is -2.48. The van der Waals surface area contributed by atoms with E-state index < -0.39 is 10.0 Å². The molecule has 1 aliphatic rings. The number of fused-ring (bicyclic) bond motifs is 1. The smallest absolute Gasteiger partial charge is 0.251 e. The fourth-order valence-electron chi connectivity index (χ4n) is 3.89. The van der Waals surface area contributed by atoms with Crippen LogP contribution in [-0.2, 0) is 16.4 Å². The number of anilines is 1. The third-order valence-corrected chi connectivity index (χ3v) is 7.63. The van der Waals surface area contributed by atoms with Crippen LogP contribution in [0.2, 0.25) is 0 Å². The van der Waals surface area contributed by atoms with E-state index >= 15 is 0 Å². The molecule has 1 aliphatic heterocycles. The molecule has 9 heteroatoms. The van der Waals surface area contributed by atoms with E-state index in [-0.39, 0.29) is 18.3 Å². The molecule has 2 heterocycles. The lowest BCUT2D eigenvalue weighted by molar-refractivity contribution is -0.959. The zero-order valence-electron chi connectivity index (χ0n) is 17.1. The molecule has 1 amide bonds. The number of thiophene rings is 1. The van der Waals surface area contributed by atoms with Gasteiger partial charge in [-0.2, -0.15) is 0 Å². The number of amides is 1. The summed E-state index contributed by atoms with van der Waals surface area (Å²) < 4.78 is 25.8. The summed E-state index contributed by atoms with van der Waals surface area (Å²) in [6, 6.07) is 9.59. The largest absolute Gasteiger partial charge is 0.346 e. The third kappa shape index (κ3) is 5.31. The Morgan fingerprint density at radius 1 is 1.21 bits per heavy atom. The van der Waals surface area contributed by atoms with Crippen molar-refractivity contribution in [3.63, 3.8) is 0 Å². The number of quaternary nitrogens is 1. The maximum atomic E-state index is 12.5. The summed E-state index contributed by atoms with van der Waals surface area (Å²) in [5, 5.41) is 5.18. The average molecular weight is 459 g/mol. The maximum absolute atomic E-state index is 12.5. The van der Waals surface area contributed by atoms with Gasteiger partial charge in [-0.05, 0) is 55.1 Å². The van der Waals surface area contributed by atoms with Crippen LogP contribution in [-0.4, -0.2) is 51.2 Å². The molecule has 3 atom stereocenters. The normalized spacial score (nSPS) is 23.6. The number of hydrogen-bond acceptors (Lipinski definition) is 4. The molecule has 160 valence electrons. The van der Waals surface area contributed by atoms with E-state index in [1.807, 2.05) is 11.3 Å². The van der Waals surface area contributed by atoms with E-state index in [1.54, 1.807) is 24.3 Å². The highest BCUT2D eigenvalue weighted by Gasteiger charge is 2.41. The molecule has 0 saturated heterocycles. The standard InChI is InChI=1S/C20H27N3O3S2.ClH/c1-14-13-17-9-12-27-19(17)15(2)23(14,3)11-10-21-20(24)16-5-7-18(8-6-16)22-28(4,25)26;/h5-9,12,14-15H,10-11,13H2,1-4H3,(H-,21,22,24);1H/p+1/t14-,15+,23?;/m1./s1. The predicted molar refractivity (Wildman–Crippen MR) is 121 cm³/mol. The molecule has 2 N–H and O–H groups in total. The number of rotatable bonds is 6. The van der Waals surface area contributed by atoms with Gasteiger partial charge < -0.3 is 9.80 Å². The first-order chi connectivity index (χ1) is 13.1. The van der Waals surface area contributed by atoms with Crippen molar-refractivity contribution >= 4 is 45.4 Å². The minimum absolute atomic E-state index is 0. The van der Waals surface area contributed by atoms with Crippen molar-refractivity contribution in [1.29, 1.82) is 0 Å². The quantitative estimate of drug-likeness (QED) is 0.651. The molecule has 0 fully saturated rings. The van der Waals surface area contributed by atoms with Crippen LogP contribution in [0, 0.1) is 0 Å². The Kier molecular flexibility index (Phi) is 7.37. The van der Waals surface area contributed by atoms with Gasteiger partial charge >= 0.3 is 0 Å². The van der Waals surface area contributed by atoms with Crippen molar-refractivity contribution in [1.82, 2.24) is 5.32 Å². The van der Waals surface area contributed by atoms with Crippen LogP contribution in [0.1, 0.15) is 40.7 Å². The van der Waals surface area contributed by atoms with Gasteiger partial charge in [0, 0.05) is 17.7 Å². The van der Waals surface area contributed by atoms with E-state index in [0.29, 0.717) is 29.9 Å². The molecule has 1 aromatic carbocycles. The highest BCUT2D eigenvalue weighted by Crippen LogP contribution is 2.40. The molecule has 0 spiro atoms. The lowest BCUT2D eigenvalue weighted by Crippen LogP contribution is -2.58. The second kappa shape index (κ2) is 9.04. The Morgan fingerprint density at radius 3 is 2.48 bits per heavy atom. The Labute approximate surface area is 183 Å². The molecule has 0 radical (unpaired) electrons. The highest BCUT2D eigenvalue weighted by atomic mass is 35.5. The average Bonchev–Trinajstić information content (AvgIpc) is 3.07. The summed E-state index contributed by atoms with van der Waals surface area (Å²) in [5.74, 6) is -0.147. The Balaban J connectivity index is 0.00000300. The van der Waals surface area contributed by atoms with E-state index in [0.717, 1.165) is 23.7 Å². The number of halogens is 1. The zero-order chi connectivity index (χ0) is 20.5. The van der Waals surface area contributed by atoms with Crippen LogP contribution < -0.4 is 10.0 Å². The topological polar surface area (TPSA) is 75.3 Å². The first-order valence-corrected chi connectivity index (χ1v) is 12.1. The van der Waals surface area contributed by atoms with E-state index in [4.69, 9.17) is 0 Å². The van der Waals surface area contributed by atoms with Crippen molar-refractivity contribution < 1.29 is 17.7 Å². The van der Waals surface area contributed by atoms with Crippen LogP contribution in [0.5, 0.6) is 0 Å². The lowest BCUT2D eigenvalue weighted by atomic mass is 9.93. The predicted octanol–water partition coefficient (Wildman–Crippen LogP) is 3.42. The molecule has 1 unspecified atom stereocenters. The van der Waals surface area contributed by atoms with Gasteiger partial charge in [-0.25, -0.2) is 8.42 Å². The fraction of sp³-hybridized carbons (Fsp3) is 0.450. The van der Waals surface area contributed by atoms with Crippen LogP contribution >= 0.6 is 23.7 Å². The second-order valence-electron chi connectivity index (χ2n) is 7.82. The van der Waals surface area contributed by atoms with Gasteiger partial charge in [-0.3, -0.25) is 9.52 Å². The van der Waals surface area contributed by atoms with Crippen molar-refractivity contribution in [2.75, 3.05) is 31.1 Å². The SMILES string of the molecule is C[C@@H]1Cc2ccsc2[C@H](C)[N+]1(C)CCNC(=O)c1ccc(NS(C)(=O)=O)cc1.Cl. The van der Waals surface area contributed by atoms with Crippen molar-refractivity contribution in [3.8, 4) is 0 Å². The molecule has 3 rings (SSSR count). The number of sulfonamides is 1. The van der Waals surface area contributed by atoms with Crippen LogP contribution in [0.15, 0.2) is 35.7 Å². The Hall–Kier alpha value is -1.61. The summed E-state index contributed by atoms with van der Waals surface area (Å²) in [6.07, 6.45) is 2.17. The van der Waals surface area contributed by atoms with Gasteiger partial charge in [0.15, 0.2) is 0 Å². The molecule has 2 aromatic rings. The zero-order valence-corrected chi connectivity index (χ0v) is 19.6. The number of likely N-dealkylation sites (N-methyl/N-ethyl adjacent to an activating group) is 1. The summed E-state index contributed by atoms with van der Waals surface area (Å²) >= 11 is 1.83.